The van der Waals surface area contributed by atoms with Crippen LogP contribution in [0.25, 0.3) is 10.8 Å². The Hall–Kier alpha value is -3.59. The summed E-state index contributed by atoms with van der Waals surface area (Å²) in [6, 6.07) is 9.33. The molecule has 0 heterocycles. The van der Waals surface area contributed by atoms with Gasteiger partial charge in [0.25, 0.3) is 20.2 Å². The number of hydrogen-bond acceptors (Lipinski definition) is 9. The van der Waals surface area contributed by atoms with Gasteiger partial charge in [-0.05, 0) is 29.7 Å². The first-order valence-corrected chi connectivity index (χ1v) is 11.4. The van der Waals surface area contributed by atoms with E-state index in [4.69, 9.17) is 0 Å². The molecule has 0 spiro atoms. The minimum atomic E-state index is -5.04. The second kappa shape index (κ2) is 8.16. The summed E-state index contributed by atoms with van der Waals surface area (Å²) in [6.07, 6.45) is 0. The van der Waals surface area contributed by atoms with Crippen LogP contribution in [-0.4, -0.2) is 42.1 Å². The number of phenolic OH excluding ortho intramolecular Hbond substituents is 2. The van der Waals surface area contributed by atoms with Gasteiger partial charge in [-0.15, -0.1) is 5.11 Å². The predicted molar refractivity (Wildman–Crippen MR) is 112 cm³/mol. The van der Waals surface area contributed by atoms with Crippen LogP contribution in [0.5, 0.6) is 11.5 Å². The van der Waals surface area contributed by atoms with E-state index in [1.54, 1.807) is 18.2 Å². The van der Waals surface area contributed by atoms with Gasteiger partial charge in [-0.2, -0.15) is 21.9 Å². The molecular weight excluding hydrogens is 466 g/mol. The van der Waals surface area contributed by atoms with Gasteiger partial charge in [-0.25, -0.2) is 0 Å². The van der Waals surface area contributed by atoms with Crippen LogP contribution in [0.4, 0.5) is 17.1 Å². The van der Waals surface area contributed by atoms with E-state index in [-0.39, 0.29) is 11.1 Å². The van der Waals surface area contributed by atoms with Gasteiger partial charge >= 0.3 is 0 Å². The predicted octanol–water partition coefficient (Wildman–Crippen LogP) is 3.12. The van der Waals surface area contributed by atoms with Crippen molar-refractivity contribution in [1.82, 2.24) is 0 Å². The molecule has 0 aliphatic heterocycles. The van der Waals surface area contributed by atoms with E-state index < -0.39 is 64.2 Å². The minimum Gasteiger partial charge on any atom is -0.505 e. The van der Waals surface area contributed by atoms with Crippen LogP contribution in [0, 0.1) is 0 Å². The highest BCUT2D eigenvalue weighted by atomic mass is 32.2. The number of phenols is 2. The molecule has 168 valence electrons. The molecule has 5 N–H and O–H groups in total. The van der Waals surface area contributed by atoms with Gasteiger partial charge in [0.15, 0.2) is 11.5 Å². The van der Waals surface area contributed by atoms with Crippen LogP contribution in [-0.2, 0) is 25.0 Å². The molecule has 12 nitrogen and oxygen atoms in total. The van der Waals surface area contributed by atoms with Gasteiger partial charge in [0.05, 0.1) is 16.8 Å². The number of benzene rings is 3. The largest absolute Gasteiger partial charge is 0.505 e. The maximum Gasteiger partial charge on any atom is 0.298 e. The number of nitrogens with one attached hydrogen (secondary N) is 1. The highest BCUT2D eigenvalue weighted by molar-refractivity contribution is 7.86. The van der Waals surface area contributed by atoms with Gasteiger partial charge in [0.2, 0.25) is 5.91 Å². The maximum absolute atomic E-state index is 11.9. The molecule has 14 heteroatoms. The van der Waals surface area contributed by atoms with Gasteiger partial charge in [-0.3, -0.25) is 13.9 Å². The lowest BCUT2D eigenvalue weighted by Crippen LogP contribution is -2.09. The van der Waals surface area contributed by atoms with Crippen molar-refractivity contribution in [3.8, 4) is 11.5 Å². The molecular formula is C18H15N3O9S2. The normalized spacial score (nSPS) is 12.3. The summed E-state index contributed by atoms with van der Waals surface area (Å²) in [6.45, 7) is 1.02. The topological polar surface area (TPSA) is 203 Å². The molecule has 0 bridgehead atoms. The standard InChI is InChI=1S/C18H15N3O9S2/c1-9(22)19-16-14-10(8-13(17(16)23)32(28,29)30)7-12(31(25,26)27)15(18(14)24)21-20-11-5-3-2-4-6-11/h2-8,23-24H,1H3,(H,19,22)(H,25,26,27)(H,28,29,30). The fourth-order valence-electron chi connectivity index (χ4n) is 2.87. The van der Waals surface area contributed by atoms with Gasteiger partial charge in [0, 0.05) is 6.92 Å². The number of hydrogen-bond donors (Lipinski definition) is 5. The number of carbonyl (C=O) groups excluding carboxylic acids is 1. The Balaban J connectivity index is 2.48. The number of rotatable bonds is 5. The Labute approximate surface area is 181 Å². The van der Waals surface area contributed by atoms with E-state index >= 15 is 0 Å². The average Bonchev–Trinajstić information content (AvgIpc) is 2.67. The summed E-state index contributed by atoms with van der Waals surface area (Å²) in [4.78, 5) is 9.59. The van der Waals surface area contributed by atoms with Crippen molar-refractivity contribution in [3.63, 3.8) is 0 Å². The third-order valence-corrected chi connectivity index (χ3v) is 5.89. The van der Waals surface area contributed by atoms with E-state index in [0.29, 0.717) is 6.07 Å². The average molecular weight is 481 g/mol. The first-order chi connectivity index (χ1) is 14.8. The van der Waals surface area contributed by atoms with Crippen molar-refractivity contribution in [2.75, 3.05) is 5.32 Å². The van der Waals surface area contributed by atoms with Gasteiger partial charge in [0.1, 0.15) is 15.5 Å². The number of amides is 1. The summed E-state index contributed by atoms with van der Waals surface area (Å²) in [5, 5.41) is 29.9. The SMILES string of the molecule is CC(=O)Nc1c(O)c(S(=O)(=O)O)cc2cc(S(=O)(=O)O)c(N=Nc3ccccc3)c(O)c12. The van der Waals surface area contributed by atoms with E-state index in [2.05, 4.69) is 15.5 Å². The smallest absolute Gasteiger partial charge is 0.298 e. The summed E-state index contributed by atoms with van der Waals surface area (Å²) in [5.74, 6) is -2.85. The van der Waals surface area contributed by atoms with E-state index in [1.807, 2.05) is 0 Å². The molecule has 3 rings (SSSR count). The third-order valence-electron chi connectivity index (χ3n) is 4.16. The van der Waals surface area contributed by atoms with Crippen LogP contribution >= 0.6 is 0 Å². The van der Waals surface area contributed by atoms with Crippen LogP contribution in [0.2, 0.25) is 0 Å². The van der Waals surface area contributed by atoms with Crippen molar-refractivity contribution in [1.29, 1.82) is 0 Å². The molecule has 32 heavy (non-hydrogen) atoms. The van der Waals surface area contributed by atoms with Crippen molar-refractivity contribution < 1.29 is 40.9 Å². The van der Waals surface area contributed by atoms with Crippen LogP contribution < -0.4 is 5.32 Å². The number of nitrogens with zero attached hydrogens (tertiary/aromatic N) is 2. The number of carbonyl (C=O) groups is 1. The van der Waals surface area contributed by atoms with E-state index in [9.17, 15) is 40.9 Å². The number of azo groups is 1. The fraction of sp³-hybridized carbons (Fsp3) is 0.0556. The summed E-state index contributed by atoms with van der Waals surface area (Å²) in [5.41, 5.74) is -1.12. The molecule has 0 radical (unpaired) electrons. The van der Waals surface area contributed by atoms with Crippen LogP contribution in [0.1, 0.15) is 6.92 Å². The second-order valence-corrected chi connectivity index (χ2v) is 9.22. The Morgan fingerprint density at radius 2 is 1.44 bits per heavy atom. The lowest BCUT2D eigenvalue weighted by atomic mass is 10.1. The fourth-order valence-corrected chi connectivity index (χ4v) is 4.15. The molecule has 0 fully saturated rings. The van der Waals surface area contributed by atoms with Gasteiger partial charge < -0.3 is 15.5 Å². The first kappa shape index (κ1) is 23.1. The van der Waals surface area contributed by atoms with Crippen LogP contribution in [0.15, 0.2) is 62.5 Å². The second-order valence-electron chi connectivity index (χ2n) is 6.44. The molecule has 3 aromatic carbocycles. The maximum atomic E-state index is 11.9. The Morgan fingerprint density at radius 3 is 1.97 bits per heavy atom. The molecule has 0 unspecified atom stereocenters. The van der Waals surface area contributed by atoms with Crippen molar-refractivity contribution in [3.05, 3.63) is 42.5 Å². The lowest BCUT2D eigenvalue weighted by molar-refractivity contribution is -0.114. The van der Waals surface area contributed by atoms with Crippen molar-refractivity contribution in [2.24, 2.45) is 10.2 Å². The Morgan fingerprint density at radius 1 is 0.875 bits per heavy atom. The van der Waals surface area contributed by atoms with Crippen molar-refractivity contribution >= 4 is 54.0 Å². The number of aromatic hydroxyl groups is 2. The van der Waals surface area contributed by atoms with E-state index in [0.717, 1.165) is 13.0 Å². The molecule has 0 aromatic heterocycles. The minimum absolute atomic E-state index is 0.264. The Bertz CT molecular complexity index is 1480. The summed E-state index contributed by atoms with van der Waals surface area (Å²) in [7, 11) is -10.1. The van der Waals surface area contributed by atoms with Crippen molar-refractivity contribution in [2.45, 2.75) is 16.7 Å². The number of fused-ring (bicyclic) bond motifs is 1. The molecule has 1 amide bonds. The zero-order chi connectivity index (χ0) is 23.8. The van der Waals surface area contributed by atoms with Crippen LogP contribution in [0.3, 0.4) is 0 Å². The molecule has 3 aromatic rings. The molecule has 0 aliphatic rings. The molecule has 0 saturated heterocycles. The number of anilines is 1. The molecule has 0 atom stereocenters. The zero-order valence-corrected chi connectivity index (χ0v) is 17.7. The molecule has 0 saturated carbocycles. The zero-order valence-electron chi connectivity index (χ0n) is 16.1. The highest BCUT2D eigenvalue weighted by Gasteiger charge is 2.28. The first-order valence-electron chi connectivity index (χ1n) is 8.55. The monoisotopic (exact) mass is 481 g/mol. The van der Waals surface area contributed by atoms with Gasteiger partial charge in [-0.1, -0.05) is 18.2 Å². The Kier molecular flexibility index (Phi) is 5.88. The highest BCUT2D eigenvalue weighted by Crippen LogP contribution is 2.48. The summed E-state index contributed by atoms with van der Waals surface area (Å²) < 4.78 is 66.2. The van der Waals surface area contributed by atoms with E-state index in [1.165, 1.54) is 12.1 Å². The third kappa shape index (κ3) is 4.52. The summed E-state index contributed by atoms with van der Waals surface area (Å²) >= 11 is 0. The lowest BCUT2D eigenvalue weighted by Gasteiger charge is -2.16. The quantitative estimate of drug-likeness (QED) is 0.206. The molecule has 0 aliphatic carbocycles.